The lowest BCUT2D eigenvalue weighted by Crippen LogP contribution is -2.49. The first-order chi connectivity index (χ1) is 12.3. The lowest BCUT2D eigenvalue weighted by Gasteiger charge is -2.35. The molecule has 1 unspecified atom stereocenters. The number of rotatable bonds is 4. The average Bonchev–Trinajstić information content (AvgIpc) is 2.95. The van der Waals surface area contributed by atoms with Crippen molar-refractivity contribution < 1.29 is 9.53 Å². The molecule has 26 heavy (non-hydrogen) atoms. The van der Waals surface area contributed by atoms with Gasteiger partial charge >= 0.3 is 6.03 Å². The van der Waals surface area contributed by atoms with Gasteiger partial charge in [-0.05, 0) is 44.4 Å². The van der Waals surface area contributed by atoms with Crippen LogP contribution in [0.1, 0.15) is 37.9 Å². The molecule has 2 amide bonds. The van der Waals surface area contributed by atoms with E-state index >= 15 is 0 Å². The Bertz CT molecular complexity index is 635. The van der Waals surface area contributed by atoms with Crippen LogP contribution in [0.3, 0.4) is 0 Å². The van der Waals surface area contributed by atoms with Crippen LogP contribution in [0.2, 0.25) is 0 Å². The van der Waals surface area contributed by atoms with E-state index in [4.69, 9.17) is 4.74 Å². The van der Waals surface area contributed by atoms with Crippen molar-refractivity contribution in [2.24, 2.45) is 0 Å². The minimum Gasteiger partial charge on any atom is -0.379 e. The first kappa shape index (κ1) is 19.0. The number of likely N-dealkylation sites (N-methyl/N-ethyl adjacent to an activating group) is 1. The summed E-state index contributed by atoms with van der Waals surface area (Å²) in [5.41, 5.74) is 3.77. The molecule has 2 aliphatic heterocycles. The van der Waals surface area contributed by atoms with Crippen molar-refractivity contribution in [3.05, 3.63) is 29.3 Å². The van der Waals surface area contributed by atoms with Crippen LogP contribution < -0.4 is 15.5 Å². The molecule has 3 rings (SSSR count). The summed E-state index contributed by atoms with van der Waals surface area (Å²) in [7, 11) is 2.14. The summed E-state index contributed by atoms with van der Waals surface area (Å²) in [5, 5.41) is 6.05. The van der Waals surface area contributed by atoms with Crippen molar-refractivity contribution in [2.45, 2.75) is 38.8 Å². The predicted octanol–water partition coefficient (Wildman–Crippen LogP) is 2.15. The fourth-order valence-electron chi connectivity index (χ4n) is 3.72. The molecule has 6 nitrogen and oxygen atoms in total. The molecule has 144 valence electrons. The maximum absolute atomic E-state index is 12.2. The molecular weight excluding hydrogens is 328 g/mol. The number of ether oxygens (including phenoxy) is 1. The van der Waals surface area contributed by atoms with Gasteiger partial charge in [-0.1, -0.05) is 12.1 Å². The number of hydrogen-bond donors (Lipinski definition) is 2. The number of nitrogens with zero attached hydrogens (tertiary/aromatic N) is 2. The minimum atomic E-state index is -0.239. The van der Waals surface area contributed by atoms with E-state index < -0.39 is 0 Å². The van der Waals surface area contributed by atoms with Gasteiger partial charge in [-0.3, -0.25) is 4.90 Å². The molecule has 0 aromatic heterocycles. The van der Waals surface area contributed by atoms with Crippen molar-refractivity contribution in [3.8, 4) is 0 Å². The van der Waals surface area contributed by atoms with Gasteiger partial charge < -0.3 is 20.3 Å². The van der Waals surface area contributed by atoms with Gasteiger partial charge in [-0.25, -0.2) is 4.79 Å². The molecule has 0 bridgehead atoms. The van der Waals surface area contributed by atoms with Gasteiger partial charge in [-0.2, -0.15) is 0 Å². The van der Waals surface area contributed by atoms with Gasteiger partial charge in [0.2, 0.25) is 0 Å². The molecule has 1 aromatic carbocycles. The number of anilines is 1. The van der Waals surface area contributed by atoms with Gasteiger partial charge in [0.05, 0.1) is 19.3 Å². The van der Waals surface area contributed by atoms with E-state index in [1.807, 2.05) is 20.8 Å². The van der Waals surface area contributed by atoms with Gasteiger partial charge in [-0.15, -0.1) is 0 Å². The number of amides is 2. The highest BCUT2D eigenvalue weighted by Gasteiger charge is 2.26. The minimum absolute atomic E-state index is 0.114. The third kappa shape index (κ3) is 4.68. The SMILES string of the molecule is CN1CCc2cc(C(CNC(=O)NC(C)(C)C)N3CCOCC3)ccc21. The summed E-state index contributed by atoms with van der Waals surface area (Å²) in [4.78, 5) is 17.0. The molecule has 1 atom stereocenters. The molecule has 1 fully saturated rings. The largest absolute Gasteiger partial charge is 0.379 e. The quantitative estimate of drug-likeness (QED) is 0.864. The molecule has 0 aliphatic carbocycles. The molecule has 2 N–H and O–H groups in total. The van der Waals surface area contributed by atoms with E-state index in [9.17, 15) is 4.79 Å². The number of fused-ring (bicyclic) bond motifs is 1. The average molecular weight is 361 g/mol. The van der Waals surface area contributed by atoms with Crippen LogP contribution in [0.5, 0.6) is 0 Å². The number of morpholine rings is 1. The first-order valence-electron chi connectivity index (χ1n) is 9.55. The van der Waals surface area contributed by atoms with Gasteiger partial charge in [0.25, 0.3) is 0 Å². The molecule has 1 aromatic rings. The van der Waals surface area contributed by atoms with Crippen molar-refractivity contribution in [1.82, 2.24) is 15.5 Å². The third-order valence-electron chi connectivity index (χ3n) is 5.05. The van der Waals surface area contributed by atoms with Crippen LogP contribution in [0.15, 0.2) is 18.2 Å². The fourth-order valence-corrected chi connectivity index (χ4v) is 3.72. The Morgan fingerprint density at radius 3 is 2.65 bits per heavy atom. The highest BCUT2D eigenvalue weighted by Crippen LogP contribution is 2.31. The molecule has 0 saturated carbocycles. The molecule has 1 saturated heterocycles. The number of carbonyl (C=O) groups excluding carboxylic acids is 1. The Labute approximate surface area is 156 Å². The number of benzene rings is 1. The zero-order valence-corrected chi connectivity index (χ0v) is 16.5. The maximum Gasteiger partial charge on any atom is 0.315 e. The number of nitrogens with one attached hydrogen (secondary N) is 2. The Kier molecular flexibility index (Phi) is 5.73. The molecule has 2 aliphatic rings. The second-order valence-electron chi connectivity index (χ2n) is 8.31. The number of carbonyl (C=O) groups is 1. The van der Waals surface area contributed by atoms with E-state index in [2.05, 4.69) is 45.7 Å². The summed E-state index contributed by atoms with van der Waals surface area (Å²) in [6.07, 6.45) is 1.09. The molecule has 2 heterocycles. The number of urea groups is 1. The lowest BCUT2D eigenvalue weighted by atomic mass is 10.0. The molecule has 0 radical (unpaired) electrons. The van der Waals surface area contributed by atoms with Gasteiger partial charge in [0, 0.05) is 44.5 Å². The number of hydrogen-bond acceptors (Lipinski definition) is 4. The second kappa shape index (κ2) is 7.84. The van der Waals surface area contributed by atoms with Gasteiger partial charge in [0.15, 0.2) is 0 Å². The normalized spacial score (nSPS) is 19.2. The van der Waals surface area contributed by atoms with E-state index in [1.54, 1.807) is 0 Å². The Morgan fingerprint density at radius 1 is 1.23 bits per heavy atom. The summed E-state index contributed by atoms with van der Waals surface area (Å²) in [6, 6.07) is 6.81. The third-order valence-corrected chi connectivity index (χ3v) is 5.05. The van der Waals surface area contributed by atoms with Crippen molar-refractivity contribution in [3.63, 3.8) is 0 Å². The zero-order valence-electron chi connectivity index (χ0n) is 16.5. The molecule has 0 spiro atoms. The highest BCUT2D eigenvalue weighted by atomic mass is 16.5. The monoisotopic (exact) mass is 360 g/mol. The van der Waals surface area contributed by atoms with Crippen LogP contribution in [-0.4, -0.2) is 62.9 Å². The van der Waals surface area contributed by atoms with Crippen molar-refractivity contribution in [2.75, 3.05) is 51.3 Å². The lowest BCUT2D eigenvalue weighted by molar-refractivity contribution is 0.0166. The van der Waals surface area contributed by atoms with E-state index in [0.29, 0.717) is 6.54 Å². The van der Waals surface area contributed by atoms with Crippen LogP contribution in [0.4, 0.5) is 10.5 Å². The van der Waals surface area contributed by atoms with E-state index in [0.717, 1.165) is 39.3 Å². The Hall–Kier alpha value is -1.79. The summed E-state index contributed by atoms with van der Waals surface area (Å²) >= 11 is 0. The summed E-state index contributed by atoms with van der Waals surface area (Å²) in [6.45, 7) is 10.9. The topological polar surface area (TPSA) is 56.8 Å². The Morgan fingerprint density at radius 2 is 1.96 bits per heavy atom. The van der Waals surface area contributed by atoms with Crippen LogP contribution in [0, 0.1) is 0 Å². The maximum atomic E-state index is 12.2. The molecular formula is C20H32N4O2. The van der Waals surface area contributed by atoms with Gasteiger partial charge in [0.1, 0.15) is 0 Å². The Balaban J connectivity index is 1.74. The summed E-state index contributed by atoms with van der Waals surface area (Å²) < 4.78 is 5.52. The predicted molar refractivity (Wildman–Crippen MR) is 105 cm³/mol. The van der Waals surface area contributed by atoms with Crippen LogP contribution >= 0.6 is 0 Å². The second-order valence-corrected chi connectivity index (χ2v) is 8.31. The van der Waals surface area contributed by atoms with E-state index in [1.165, 1.54) is 16.8 Å². The van der Waals surface area contributed by atoms with Crippen molar-refractivity contribution in [1.29, 1.82) is 0 Å². The summed E-state index contributed by atoms with van der Waals surface area (Å²) in [5.74, 6) is 0. The molecule has 6 heteroatoms. The highest BCUT2D eigenvalue weighted by molar-refractivity contribution is 5.74. The van der Waals surface area contributed by atoms with E-state index in [-0.39, 0.29) is 17.6 Å². The van der Waals surface area contributed by atoms with Crippen molar-refractivity contribution >= 4 is 11.7 Å². The van der Waals surface area contributed by atoms with Crippen LogP contribution in [0.25, 0.3) is 0 Å². The standard InChI is InChI=1S/C20H32N4O2/c1-20(2,3)22-19(25)21-14-18(24-9-11-26-12-10-24)15-5-6-17-16(13-15)7-8-23(17)4/h5-6,13,18H,7-12,14H2,1-4H3,(H2,21,22,25). The van der Waals surface area contributed by atoms with Crippen LogP contribution in [-0.2, 0) is 11.2 Å². The fraction of sp³-hybridized carbons (Fsp3) is 0.650. The first-order valence-corrected chi connectivity index (χ1v) is 9.55. The zero-order chi connectivity index (χ0) is 18.7. The smallest absolute Gasteiger partial charge is 0.315 e.